The van der Waals surface area contributed by atoms with Crippen LogP contribution in [0.4, 0.5) is 0 Å². The summed E-state index contributed by atoms with van der Waals surface area (Å²) in [6.07, 6.45) is 4.35. The van der Waals surface area contributed by atoms with Gasteiger partial charge in [-0.1, -0.05) is 0 Å². The molecule has 19 heavy (non-hydrogen) atoms. The minimum atomic E-state index is 0.480. The molecule has 1 unspecified atom stereocenters. The van der Waals surface area contributed by atoms with E-state index in [4.69, 9.17) is 13.6 Å². The van der Waals surface area contributed by atoms with Crippen molar-refractivity contribution in [1.29, 1.82) is 0 Å². The third-order valence-electron chi connectivity index (χ3n) is 3.59. The zero-order chi connectivity index (χ0) is 13.2. The van der Waals surface area contributed by atoms with E-state index in [0.29, 0.717) is 11.9 Å². The summed E-state index contributed by atoms with van der Waals surface area (Å²) in [6.45, 7) is 4.39. The maximum Gasteiger partial charge on any atom is 0.229 e. The molecule has 2 aromatic rings. The summed E-state index contributed by atoms with van der Waals surface area (Å²) in [6, 6.07) is 2.33. The second kappa shape index (κ2) is 5.19. The van der Waals surface area contributed by atoms with E-state index in [-0.39, 0.29) is 0 Å². The molecular formula is C14H18N2O3. The maximum absolute atomic E-state index is 5.69. The summed E-state index contributed by atoms with van der Waals surface area (Å²) in [7, 11) is 2.10. The van der Waals surface area contributed by atoms with Gasteiger partial charge in [-0.15, -0.1) is 0 Å². The van der Waals surface area contributed by atoms with Crippen LogP contribution in [0.15, 0.2) is 27.4 Å². The average Bonchev–Trinajstić information content (AvgIpc) is 3.09. The summed E-state index contributed by atoms with van der Waals surface area (Å²) in [5.41, 5.74) is 1.85. The lowest BCUT2D eigenvalue weighted by atomic mass is 10.2. The Kier molecular flexibility index (Phi) is 3.40. The number of furan rings is 1. The number of likely N-dealkylation sites (N-methyl/N-ethyl adjacent to an activating group) is 1. The highest BCUT2D eigenvalue weighted by Gasteiger charge is 2.22. The van der Waals surface area contributed by atoms with E-state index < -0.39 is 0 Å². The van der Waals surface area contributed by atoms with Crippen LogP contribution >= 0.6 is 0 Å². The van der Waals surface area contributed by atoms with Crippen molar-refractivity contribution in [2.45, 2.75) is 25.9 Å². The van der Waals surface area contributed by atoms with Crippen molar-refractivity contribution in [2.75, 3.05) is 20.3 Å². The Morgan fingerprint density at radius 2 is 2.37 bits per heavy atom. The van der Waals surface area contributed by atoms with Gasteiger partial charge in [-0.3, -0.25) is 4.90 Å². The minimum absolute atomic E-state index is 0.480. The van der Waals surface area contributed by atoms with E-state index in [2.05, 4.69) is 16.9 Å². The molecule has 3 rings (SSSR count). The highest BCUT2D eigenvalue weighted by Crippen LogP contribution is 2.23. The third kappa shape index (κ3) is 2.57. The van der Waals surface area contributed by atoms with E-state index in [1.165, 1.54) is 0 Å². The first-order valence-electron chi connectivity index (χ1n) is 6.51. The second-order valence-corrected chi connectivity index (χ2v) is 4.97. The maximum atomic E-state index is 5.69. The van der Waals surface area contributed by atoms with Crippen LogP contribution in [0.1, 0.15) is 17.9 Å². The number of hydrogen-bond acceptors (Lipinski definition) is 5. The van der Waals surface area contributed by atoms with Crippen molar-refractivity contribution in [2.24, 2.45) is 0 Å². The van der Waals surface area contributed by atoms with Gasteiger partial charge in [0, 0.05) is 19.2 Å². The van der Waals surface area contributed by atoms with Crippen LogP contribution in [0.3, 0.4) is 0 Å². The molecular weight excluding hydrogens is 244 g/mol. The molecule has 0 N–H and O–H groups in total. The fraction of sp³-hybridized carbons (Fsp3) is 0.500. The van der Waals surface area contributed by atoms with Crippen molar-refractivity contribution >= 4 is 0 Å². The summed E-state index contributed by atoms with van der Waals surface area (Å²) >= 11 is 0. The van der Waals surface area contributed by atoms with Crippen LogP contribution in [-0.4, -0.2) is 36.2 Å². The Morgan fingerprint density at radius 1 is 1.47 bits per heavy atom. The van der Waals surface area contributed by atoms with E-state index in [1.807, 2.05) is 13.0 Å². The highest BCUT2D eigenvalue weighted by atomic mass is 16.5. The predicted molar refractivity (Wildman–Crippen MR) is 69.6 cm³/mol. The molecule has 0 aromatic carbocycles. The molecule has 1 aliphatic rings. The van der Waals surface area contributed by atoms with Gasteiger partial charge < -0.3 is 13.6 Å². The van der Waals surface area contributed by atoms with Gasteiger partial charge >= 0.3 is 0 Å². The summed E-state index contributed by atoms with van der Waals surface area (Å²) in [4.78, 5) is 6.83. The predicted octanol–water partition coefficient (Wildman–Crippen LogP) is 2.46. The van der Waals surface area contributed by atoms with E-state index in [0.717, 1.165) is 43.2 Å². The standard InChI is InChI=1S/C14H18N2O3/c1-10-13(7-16(2)12-4-6-18-9-12)15-14(19-10)11-3-5-17-8-11/h3,5,8,12H,4,6-7,9H2,1-2H3. The first-order chi connectivity index (χ1) is 9.24. The highest BCUT2D eigenvalue weighted by molar-refractivity contribution is 5.51. The van der Waals surface area contributed by atoms with Gasteiger partial charge in [0.25, 0.3) is 0 Å². The van der Waals surface area contributed by atoms with Gasteiger partial charge in [-0.05, 0) is 26.5 Å². The van der Waals surface area contributed by atoms with E-state index >= 15 is 0 Å². The van der Waals surface area contributed by atoms with Crippen LogP contribution < -0.4 is 0 Å². The zero-order valence-corrected chi connectivity index (χ0v) is 11.3. The van der Waals surface area contributed by atoms with E-state index in [1.54, 1.807) is 12.5 Å². The van der Waals surface area contributed by atoms with E-state index in [9.17, 15) is 0 Å². The zero-order valence-electron chi connectivity index (χ0n) is 11.3. The Balaban J connectivity index is 1.74. The molecule has 5 nitrogen and oxygen atoms in total. The first-order valence-corrected chi connectivity index (χ1v) is 6.51. The lowest BCUT2D eigenvalue weighted by molar-refractivity contribution is 0.155. The SMILES string of the molecule is Cc1oc(-c2ccoc2)nc1CN(C)C1CCOC1. The normalized spacial score (nSPS) is 19.4. The van der Waals surface area contributed by atoms with Crippen molar-refractivity contribution in [1.82, 2.24) is 9.88 Å². The third-order valence-corrected chi connectivity index (χ3v) is 3.59. The smallest absolute Gasteiger partial charge is 0.229 e. The van der Waals surface area contributed by atoms with Crippen LogP contribution in [0.2, 0.25) is 0 Å². The number of hydrogen-bond donors (Lipinski definition) is 0. The van der Waals surface area contributed by atoms with Crippen molar-refractivity contribution in [3.8, 4) is 11.5 Å². The molecule has 0 bridgehead atoms. The monoisotopic (exact) mass is 262 g/mol. The van der Waals surface area contributed by atoms with Crippen LogP contribution in [-0.2, 0) is 11.3 Å². The minimum Gasteiger partial charge on any atom is -0.472 e. The van der Waals surface area contributed by atoms with Crippen LogP contribution in [0.5, 0.6) is 0 Å². The van der Waals surface area contributed by atoms with Crippen molar-refractivity contribution < 1.29 is 13.6 Å². The largest absolute Gasteiger partial charge is 0.472 e. The molecule has 5 heteroatoms. The lowest BCUT2D eigenvalue weighted by Gasteiger charge is -2.21. The number of nitrogens with zero attached hydrogens (tertiary/aromatic N) is 2. The Hall–Kier alpha value is -1.59. The molecule has 3 heterocycles. The lowest BCUT2D eigenvalue weighted by Crippen LogP contribution is -2.31. The Labute approximate surface area is 112 Å². The molecule has 0 spiro atoms. The molecule has 0 radical (unpaired) electrons. The quantitative estimate of drug-likeness (QED) is 0.847. The second-order valence-electron chi connectivity index (χ2n) is 4.97. The first kappa shape index (κ1) is 12.4. The number of ether oxygens (including phenoxy) is 1. The average molecular weight is 262 g/mol. The summed E-state index contributed by atoms with van der Waals surface area (Å²) in [5.74, 6) is 1.49. The molecule has 1 atom stereocenters. The van der Waals surface area contributed by atoms with Crippen molar-refractivity contribution in [3.05, 3.63) is 30.0 Å². The number of aryl methyl sites for hydroxylation is 1. The van der Waals surface area contributed by atoms with Gasteiger partial charge in [-0.25, -0.2) is 4.98 Å². The molecule has 0 saturated carbocycles. The number of rotatable bonds is 4. The van der Waals surface area contributed by atoms with Gasteiger partial charge in [0.2, 0.25) is 5.89 Å². The molecule has 2 aromatic heterocycles. The molecule has 102 valence electrons. The summed E-state index contributed by atoms with van der Waals surface area (Å²) < 4.78 is 16.2. The molecule has 0 aliphatic carbocycles. The fourth-order valence-corrected chi connectivity index (χ4v) is 2.32. The topological polar surface area (TPSA) is 51.6 Å². The molecule has 1 fully saturated rings. The van der Waals surface area contributed by atoms with Crippen LogP contribution in [0, 0.1) is 6.92 Å². The number of aromatic nitrogens is 1. The molecule has 0 amide bonds. The molecule has 1 saturated heterocycles. The van der Waals surface area contributed by atoms with Gasteiger partial charge in [0.15, 0.2) is 0 Å². The Bertz CT molecular complexity index is 527. The Morgan fingerprint density at radius 3 is 3.05 bits per heavy atom. The molecule has 1 aliphatic heterocycles. The van der Waals surface area contributed by atoms with Crippen molar-refractivity contribution in [3.63, 3.8) is 0 Å². The summed E-state index contributed by atoms with van der Waals surface area (Å²) in [5, 5.41) is 0. The van der Waals surface area contributed by atoms with Gasteiger partial charge in [-0.2, -0.15) is 0 Å². The van der Waals surface area contributed by atoms with Gasteiger partial charge in [0.05, 0.1) is 24.1 Å². The van der Waals surface area contributed by atoms with Gasteiger partial charge in [0.1, 0.15) is 12.0 Å². The number of oxazole rings is 1. The van der Waals surface area contributed by atoms with Crippen LogP contribution in [0.25, 0.3) is 11.5 Å². The fourth-order valence-electron chi connectivity index (χ4n) is 2.32.